The summed E-state index contributed by atoms with van der Waals surface area (Å²) in [4.78, 5) is 25.1. The maximum atomic E-state index is 12.2. The minimum absolute atomic E-state index is 0.197. The summed E-state index contributed by atoms with van der Waals surface area (Å²) >= 11 is 0. The van der Waals surface area contributed by atoms with Gasteiger partial charge in [-0.25, -0.2) is 9.59 Å². The van der Waals surface area contributed by atoms with Crippen LogP contribution in [0.3, 0.4) is 0 Å². The lowest BCUT2D eigenvalue weighted by molar-refractivity contribution is -0.492. The number of urea groups is 1. The van der Waals surface area contributed by atoms with Gasteiger partial charge in [-0.2, -0.15) is 10.2 Å². The lowest BCUT2D eigenvalue weighted by atomic mass is 9.96. The Morgan fingerprint density at radius 3 is 2.55 bits per heavy atom. The van der Waals surface area contributed by atoms with E-state index >= 15 is 0 Å². The van der Waals surface area contributed by atoms with Gasteiger partial charge in [-0.05, 0) is 12.8 Å². The smallest absolute Gasteiger partial charge is 0.441 e. The first-order valence-corrected chi connectivity index (χ1v) is 7.57. The molecule has 1 saturated carbocycles. The van der Waals surface area contributed by atoms with Crippen molar-refractivity contribution in [2.45, 2.75) is 38.1 Å². The molecule has 0 atom stereocenters. The lowest BCUT2D eigenvalue weighted by Crippen LogP contribution is -2.54. The van der Waals surface area contributed by atoms with Crippen LogP contribution in [0.25, 0.3) is 0 Å². The van der Waals surface area contributed by atoms with Crippen LogP contribution in [0.1, 0.15) is 32.1 Å². The number of guanidine groups is 1. The van der Waals surface area contributed by atoms with Crippen LogP contribution < -0.4 is 10.6 Å². The van der Waals surface area contributed by atoms with Crippen molar-refractivity contribution in [2.75, 3.05) is 27.7 Å². The zero-order valence-electron chi connectivity index (χ0n) is 13.7. The minimum Gasteiger partial charge on any atom is -0.441 e. The molecule has 7 heteroatoms. The minimum atomic E-state index is -0.552. The van der Waals surface area contributed by atoms with Crippen LogP contribution in [0.5, 0.6) is 0 Å². The fourth-order valence-corrected chi connectivity index (χ4v) is 2.51. The van der Waals surface area contributed by atoms with Gasteiger partial charge < -0.3 is 10.1 Å². The molecule has 0 spiro atoms. The van der Waals surface area contributed by atoms with Crippen molar-refractivity contribution in [1.82, 2.24) is 15.5 Å². The Balaban J connectivity index is 2.74. The molecule has 1 aliphatic rings. The molecule has 3 amide bonds. The van der Waals surface area contributed by atoms with Crippen molar-refractivity contribution < 1.29 is 18.9 Å². The Morgan fingerprint density at radius 1 is 1.36 bits per heavy atom. The van der Waals surface area contributed by atoms with Crippen LogP contribution in [0.4, 0.5) is 9.59 Å². The van der Waals surface area contributed by atoms with E-state index in [0.717, 1.165) is 25.7 Å². The molecule has 22 heavy (non-hydrogen) atoms. The number of rotatable bonds is 3. The molecule has 0 unspecified atom stereocenters. The van der Waals surface area contributed by atoms with Gasteiger partial charge in [0.2, 0.25) is 0 Å². The van der Waals surface area contributed by atoms with Crippen LogP contribution in [0.15, 0.2) is 12.7 Å². The van der Waals surface area contributed by atoms with E-state index in [0.29, 0.717) is 12.5 Å². The highest BCUT2D eigenvalue weighted by molar-refractivity contribution is 6.00. The summed E-state index contributed by atoms with van der Waals surface area (Å²) in [7, 11) is 4.60. The number of carbonyl (C=O) groups excluding carboxylic acids is 2. The van der Waals surface area contributed by atoms with Crippen molar-refractivity contribution in [1.29, 1.82) is 0 Å². The summed E-state index contributed by atoms with van der Waals surface area (Å²) in [5, 5.41) is 5.69. The summed E-state index contributed by atoms with van der Waals surface area (Å²) in [6.45, 7) is 4.15. The van der Waals surface area contributed by atoms with Crippen molar-refractivity contribution in [3.8, 4) is 0 Å². The number of carbonyl (C=O) groups is 2. The summed E-state index contributed by atoms with van der Waals surface area (Å²) in [5.74, 6) is 0.347. The van der Waals surface area contributed by atoms with Gasteiger partial charge in [-0.1, -0.05) is 31.9 Å². The Kier molecular flexibility index (Phi) is 7.42. The van der Waals surface area contributed by atoms with E-state index in [1.165, 1.54) is 18.4 Å². The van der Waals surface area contributed by atoms with E-state index in [1.807, 2.05) is 0 Å². The number of methoxy groups -OCH3 is 1. The molecule has 124 valence electrons. The van der Waals surface area contributed by atoms with Gasteiger partial charge in [0.25, 0.3) is 0 Å². The fourth-order valence-electron chi connectivity index (χ4n) is 2.51. The van der Waals surface area contributed by atoms with Crippen molar-refractivity contribution in [2.24, 2.45) is 0 Å². The quantitative estimate of drug-likeness (QED) is 0.359. The van der Waals surface area contributed by atoms with Gasteiger partial charge in [0.05, 0.1) is 27.7 Å². The molecule has 0 bridgehead atoms. The van der Waals surface area contributed by atoms with Gasteiger partial charge >= 0.3 is 18.1 Å². The zero-order chi connectivity index (χ0) is 16.5. The van der Waals surface area contributed by atoms with E-state index in [4.69, 9.17) is 4.74 Å². The molecule has 0 saturated heterocycles. The largest absolute Gasteiger partial charge is 0.478 e. The molecule has 1 aliphatic carbocycles. The average Bonchev–Trinajstić information content (AvgIpc) is 2.52. The van der Waals surface area contributed by atoms with Gasteiger partial charge in [0.1, 0.15) is 0 Å². The van der Waals surface area contributed by atoms with E-state index in [9.17, 15) is 9.59 Å². The number of hydrogen-bond donors (Lipinski definition) is 2. The van der Waals surface area contributed by atoms with E-state index in [-0.39, 0.29) is 12.1 Å². The predicted octanol–water partition coefficient (Wildman–Crippen LogP) is 1.50. The van der Waals surface area contributed by atoms with Crippen LogP contribution in [0.2, 0.25) is 0 Å². The summed E-state index contributed by atoms with van der Waals surface area (Å²) < 4.78 is 6.41. The van der Waals surface area contributed by atoms with Crippen LogP contribution in [-0.4, -0.2) is 61.4 Å². The maximum absolute atomic E-state index is 12.2. The highest BCUT2D eigenvalue weighted by Crippen LogP contribution is 2.17. The molecule has 7 nitrogen and oxygen atoms in total. The maximum Gasteiger partial charge on any atom is 0.478 e. The summed E-state index contributed by atoms with van der Waals surface area (Å²) in [6, 6.07) is -0.114. The Hall–Kier alpha value is -2.05. The molecule has 0 heterocycles. The normalized spacial score (nSPS) is 16.3. The number of nitrogens with one attached hydrogen (secondary N) is 2. The van der Waals surface area contributed by atoms with Gasteiger partial charge in [-0.3, -0.25) is 4.58 Å². The average molecular weight is 311 g/mol. The topological polar surface area (TPSA) is 73.7 Å². The third kappa shape index (κ3) is 5.38. The highest BCUT2D eigenvalue weighted by Gasteiger charge is 2.28. The molecular formula is C15H27N4O3+. The first-order valence-electron chi connectivity index (χ1n) is 7.57. The second kappa shape index (κ2) is 9.07. The van der Waals surface area contributed by atoms with Crippen LogP contribution >= 0.6 is 0 Å². The summed E-state index contributed by atoms with van der Waals surface area (Å²) in [5.41, 5.74) is 0. The van der Waals surface area contributed by atoms with Gasteiger partial charge in [0.15, 0.2) is 0 Å². The number of nitrogens with zero attached hydrogens (tertiary/aromatic N) is 2. The Labute approximate surface area is 132 Å². The second-order valence-electron chi connectivity index (χ2n) is 5.46. The fraction of sp³-hybridized carbons (Fsp3) is 0.667. The Morgan fingerprint density at radius 2 is 2.00 bits per heavy atom. The van der Waals surface area contributed by atoms with E-state index in [2.05, 4.69) is 17.2 Å². The molecule has 1 fully saturated rings. The molecular weight excluding hydrogens is 284 g/mol. The first kappa shape index (κ1) is 18.0. The monoisotopic (exact) mass is 311 g/mol. The molecule has 2 N–H and O–H groups in total. The predicted molar refractivity (Wildman–Crippen MR) is 85.0 cm³/mol. The second-order valence-corrected chi connectivity index (χ2v) is 5.46. The zero-order valence-corrected chi connectivity index (χ0v) is 13.7. The highest BCUT2D eigenvalue weighted by atomic mass is 16.5. The van der Waals surface area contributed by atoms with Gasteiger partial charge in [-0.15, -0.1) is 0 Å². The van der Waals surface area contributed by atoms with Crippen LogP contribution in [0, 0.1) is 0 Å². The number of amides is 3. The number of ether oxygens (including phenoxy) is 1. The van der Waals surface area contributed by atoms with E-state index < -0.39 is 6.09 Å². The van der Waals surface area contributed by atoms with Crippen molar-refractivity contribution >= 4 is 18.1 Å². The van der Waals surface area contributed by atoms with Crippen molar-refractivity contribution in [3.63, 3.8) is 0 Å². The molecule has 0 aromatic heterocycles. The third-order valence-corrected chi connectivity index (χ3v) is 3.70. The van der Waals surface area contributed by atoms with Crippen LogP contribution in [-0.2, 0) is 4.74 Å². The third-order valence-electron chi connectivity index (χ3n) is 3.70. The Bertz CT molecular complexity index is 442. The van der Waals surface area contributed by atoms with Crippen molar-refractivity contribution in [3.05, 3.63) is 12.7 Å². The summed E-state index contributed by atoms with van der Waals surface area (Å²) in [6.07, 6.45) is 6.63. The standard InChI is InChI=1S/C15H26N4O3/c1-5-11-18(2)14(19(3)15(21)22-4)17-13(20)16-12-9-7-6-8-10-12/h5,12H,1,6-11H2,2-4H3,(H,16,20)/p+1. The van der Waals surface area contributed by atoms with Gasteiger partial charge in [0, 0.05) is 6.04 Å². The molecule has 0 aromatic carbocycles. The lowest BCUT2D eigenvalue weighted by Gasteiger charge is -2.22. The SMILES string of the molecule is C=CC[N+](C)=C(NC(=O)NC1CCCCC1)N(C)C(=O)OC. The molecule has 0 radical (unpaired) electrons. The molecule has 0 aliphatic heterocycles. The molecule has 1 rings (SSSR count). The first-order chi connectivity index (χ1) is 10.5. The number of hydrogen-bond acceptors (Lipinski definition) is 3. The van der Waals surface area contributed by atoms with E-state index in [1.54, 1.807) is 24.7 Å². The number of likely N-dealkylation sites (N-methyl/N-ethyl adjacent to an activating group) is 1. The molecule has 0 aromatic rings.